The molecule has 0 aliphatic carbocycles. The van der Waals surface area contributed by atoms with Crippen molar-refractivity contribution < 1.29 is 17.9 Å². The lowest BCUT2D eigenvalue weighted by molar-refractivity contribution is 0.0602. The molecule has 0 unspecified atom stereocenters. The van der Waals surface area contributed by atoms with E-state index in [0.717, 1.165) is 11.3 Å². The summed E-state index contributed by atoms with van der Waals surface area (Å²) in [5.41, 5.74) is 0.864. The molecule has 1 N–H and O–H groups in total. The number of esters is 1. The first-order valence-electron chi connectivity index (χ1n) is 5.67. The Morgan fingerprint density at radius 2 is 2.10 bits per heavy atom. The van der Waals surface area contributed by atoms with E-state index in [4.69, 9.17) is 0 Å². The van der Waals surface area contributed by atoms with Crippen LogP contribution in [0, 0.1) is 6.92 Å². The highest BCUT2D eigenvalue weighted by Crippen LogP contribution is 2.26. The number of hydrogen-bond donors (Lipinski definition) is 1. The van der Waals surface area contributed by atoms with Crippen LogP contribution in [-0.2, 0) is 14.8 Å². The number of carbonyl (C=O) groups is 1. The Bertz CT molecular complexity index is 786. The summed E-state index contributed by atoms with van der Waals surface area (Å²) in [6.45, 7) is 1.68. The quantitative estimate of drug-likeness (QED) is 0.640. The lowest BCUT2D eigenvalue weighted by Crippen LogP contribution is -2.16. The fraction of sp³-hybridized carbons (Fsp3) is 0.167. The summed E-state index contributed by atoms with van der Waals surface area (Å²) in [4.78, 5) is 15.6. The molecule has 0 bridgehead atoms. The predicted molar refractivity (Wildman–Crippen MR) is 83.1 cm³/mol. The van der Waals surface area contributed by atoms with Crippen LogP contribution in [0.25, 0.3) is 0 Å². The fourth-order valence-corrected chi connectivity index (χ4v) is 4.44. The molecule has 21 heavy (non-hydrogen) atoms. The second-order valence-electron chi connectivity index (χ2n) is 3.98. The first kappa shape index (κ1) is 15.9. The molecule has 2 heterocycles. The number of nitrogens with zero attached hydrogens (tertiary/aromatic N) is 1. The smallest absolute Gasteiger partial charge is 0.349 e. The zero-order valence-electron chi connectivity index (χ0n) is 11.1. The van der Waals surface area contributed by atoms with Gasteiger partial charge in [-0.05, 0) is 46.4 Å². The number of methoxy groups -OCH3 is 1. The molecule has 0 atom stereocenters. The Morgan fingerprint density at radius 1 is 1.38 bits per heavy atom. The Kier molecular flexibility index (Phi) is 4.64. The third-order valence-corrected chi connectivity index (χ3v) is 5.46. The SMILES string of the molecule is COC(=O)c1sccc1S(=O)(=O)Nc1ccc(Br)nc1C. The summed E-state index contributed by atoms with van der Waals surface area (Å²) in [7, 11) is -2.68. The van der Waals surface area contributed by atoms with Crippen LogP contribution in [-0.4, -0.2) is 26.5 Å². The predicted octanol–water partition coefficient (Wildman–Crippen LogP) is 2.80. The van der Waals surface area contributed by atoms with Gasteiger partial charge < -0.3 is 4.74 Å². The van der Waals surface area contributed by atoms with E-state index in [9.17, 15) is 13.2 Å². The van der Waals surface area contributed by atoms with Gasteiger partial charge in [-0.1, -0.05) is 0 Å². The number of aromatic nitrogens is 1. The van der Waals surface area contributed by atoms with Gasteiger partial charge in [0.15, 0.2) is 0 Å². The third-order valence-electron chi connectivity index (χ3n) is 2.59. The monoisotopic (exact) mass is 390 g/mol. The molecule has 112 valence electrons. The van der Waals surface area contributed by atoms with Gasteiger partial charge in [0.25, 0.3) is 10.0 Å². The molecule has 2 rings (SSSR count). The summed E-state index contributed by atoms with van der Waals surface area (Å²) in [5, 5.41) is 1.52. The van der Waals surface area contributed by atoms with Crippen molar-refractivity contribution >= 4 is 48.9 Å². The number of sulfonamides is 1. The number of carbonyl (C=O) groups excluding carboxylic acids is 1. The first-order valence-corrected chi connectivity index (χ1v) is 8.82. The molecule has 0 fully saturated rings. The normalized spacial score (nSPS) is 11.2. The molecular weight excluding hydrogens is 380 g/mol. The van der Waals surface area contributed by atoms with Crippen molar-refractivity contribution in [2.45, 2.75) is 11.8 Å². The van der Waals surface area contributed by atoms with E-state index in [1.54, 1.807) is 19.1 Å². The van der Waals surface area contributed by atoms with Crippen LogP contribution in [0.4, 0.5) is 5.69 Å². The van der Waals surface area contributed by atoms with E-state index >= 15 is 0 Å². The minimum atomic E-state index is -3.89. The highest BCUT2D eigenvalue weighted by atomic mass is 79.9. The molecule has 2 aromatic rings. The molecule has 0 aliphatic rings. The van der Waals surface area contributed by atoms with Crippen molar-refractivity contribution in [1.82, 2.24) is 4.98 Å². The van der Waals surface area contributed by atoms with Crippen LogP contribution in [0.2, 0.25) is 0 Å². The molecule has 0 saturated heterocycles. The second kappa shape index (κ2) is 6.12. The minimum Gasteiger partial charge on any atom is -0.465 e. The molecule has 9 heteroatoms. The van der Waals surface area contributed by atoms with Crippen LogP contribution in [0.3, 0.4) is 0 Å². The Balaban J connectivity index is 2.39. The van der Waals surface area contributed by atoms with Crippen molar-refractivity contribution in [3.8, 4) is 0 Å². The van der Waals surface area contributed by atoms with Crippen molar-refractivity contribution in [1.29, 1.82) is 0 Å². The topological polar surface area (TPSA) is 85.4 Å². The average Bonchev–Trinajstić information content (AvgIpc) is 2.91. The van der Waals surface area contributed by atoms with E-state index in [2.05, 4.69) is 30.4 Å². The fourth-order valence-electron chi connectivity index (χ4n) is 1.59. The molecule has 0 spiro atoms. The summed E-state index contributed by atoms with van der Waals surface area (Å²) in [6, 6.07) is 4.58. The average molecular weight is 391 g/mol. The van der Waals surface area contributed by atoms with Crippen LogP contribution in [0.1, 0.15) is 15.4 Å². The molecule has 0 aliphatic heterocycles. The van der Waals surface area contributed by atoms with Gasteiger partial charge in [-0.3, -0.25) is 4.72 Å². The Morgan fingerprint density at radius 3 is 2.71 bits per heavy atom. The number of halogens is 1. The molecule has 0 radical (unpaired) electrons. The zero-order valence-corrected chi connectivity index (χ0v) is 14.3. The number of hydrogen-bond acceptors (Lipinski definition) is 6. The molecule has 0 aromatic carbocycles. The number of ether oxygens (including phenoxy) is 1. The number of anilines is 1. The van der Waals surface area contributed by atoms with Crippen molar-refractivity contribution in [3.63, 3.8) is 0 Å². The van der Waals surface area contributed by atoms with Crippen LogP contribution in [0.5, 0.6) is 0 Å². The van der Waals surface area contributed by atoms with Gasteiger partial charge in [0.05, 0.1) is 18.5 Å². The summed E-state index contributed by atoms with van der Waals surface area (Å²) >= 11 is 4.22. The molecule has 0 amide bonds. The van der Waals surface area contributed by atoms with Crippen molar-refractivity contribution in [2.75, 3.05) is 11.8 Å². The first-order chi connectivity index (χ1) is 9.85. The highest BCUT2D eigenvalue weighted by molar-refractivity contribution is 9.10. The molecular formula is C12H11BrN2O4S2. The van der Waals surface area contributed by atoms with E-state index in [0.29, 0.717) is 16.0 Å². The van der Waals surface area contributed by atoms with Crippen LogP contribution >= 0.6 is 27.3 Å². The zero-order chi connectivity index (χ0) is 15.6. The largest absolute Gasteiger partial charge is 0.465 e. The molecule has 0 saturated carbocycles. The van der Waals surface area contributed by atoms with E-state index < -0.39 is 16.0 Å². The lowest BCUT2D eigenvalue weighted by atomic mass is 10.3. The summed E-state index contributed by atoms with van der Waals surface area (Å²) < 4.78 is 32.4. The van der Waals surface area contributed by atoms with Gasteiger partial charge in [0.2, 0.25) is 0 Å². The van der Waals surface area contributed by atoms with Crippen molar-refractivity contribution in [2.24, 2.45) is 0 Å². The summed E-state index contributed by atoms with van der Waals surface area (Å²) in [6.07, 6.45) is 0. The number of aryl methyl sites for hydroxylation is 1. The minimum absolute atomic E-state index is 0.0349. The van der Waals surface area contributed by atoms with Gasteiger partial charge in [0, 0.05) is 0 Å². The van der Waals surface area contributed by atoms with Gasteiger partial charge in [-0.2, -0.15) is 0 Å². The number of rotatable bonds is 4. The molecule has 6 nitrogen and oxygen atoms in total. The highest BCUT2D eigenvalue weighted by Gasteiger charge is 2.25. The van der Waals surface area contributed by atoms with Crippen LogP contribution in [0.15, 0.2) is 33.1 Å². The lowest BCUT2D eigenvalue weighted by Gasteiger charge is -2.10. The number of thiophene rings is 1. The Labute approximate surface area is 134 Å². The van der Waals surface area contributed by atoms with Crippen LogP contribution < -0.4 is 4.72 Å². The molecule has 2 aromatic heterocycles. The maximum absolute atomic E-state index is 12.4. The number of nitrogens with one attached hydrogen (secondary N) is 1. The van der Waals surface area contributed by atoms with Gasteiger partial charge >= 0.3 is 5.97 Å². The Hall–Kier alpha value is -1.45. The van der Waals surface area contributed by atoms with E-state index in [1.165, 1.54) is 18.6 Å². The third kappa shape index (κ3) is 3.42. The number of pyridine rings is 1. The second-order valence-corrected chi connectivity index (χ2v) is 7.36. The van der Waals surface area contributed by atoms with Crippen molar-refractivity contribution in [3.05, 3.63) is 38.8 Å². The standard InChI is InChI=1S/C12H11BrN2O4S2/c1-7-8(3-4-10(13)14-7)15-21(17,18)9-5-6-20-11(9)12(16)19-2/h3-6,15H,1-2H3. The maximum Gasteiger partial charge on any atom is 0.349 e. The van der Waals surface area contributed by atoms with E-state index in [-0.39, 0.29) is 9.77 Å². The van der Waals surface area contributed by atoms with E-state index in [1.807, 2.05) is 0 Å². The van der Waals surface area contributed by atoms with Gasteiger partial charge in [-0.25, -0.2) is 18.2 Å². The van der Waals surface area contributed by atoms with Gasteiger partial charge in [0.1, 0.15) is 14.4 Å². The maximum atomic E-state index is 12.4. The summed E-state index contributed by atoms with van der Waals surface area (Å²) in [5.74, 6) is -0.684. The van der Waals surface area contributed by atoms with Gasteiger partial charge in [-0.15, -0.1) is 11.3 Å².